The van der Waals surface area contributed by atoms with E-state index in [1.54, 1.807) is 12.1 Å². The summed E-state index contributed by atoms with van der Waals surface area (Å²) in [5.41, 5.74) is 2.38. The van der Waals surface area contributed by atoms with E-state index in [1.807, 2.05) is 31.2 Å². The molecule has 0 fully saturated rings. The molecule has 2 aromatic rings. The van der Waals surface area contributed by atoms with Crippen LogP contribution in [-0.2, 0) is 6.54 Å². The lowest BCUT2D eigenvalue weighted by Crippen LogP contribution is -2.12. The van der Waals surface area contributed by atoms with Crippen molar-refractivity contribution >= 4 is 27.5 Å². The van der Waals surface area contributed by atoms with Gasteiger partial charge in [0, 0.05) is 17.1 Å². The lowest BCUT2D eigenvalue weighted by molar-refractivity contribution is 0.624. The van der Waals surface area contributed by atoms with Gasteiger partial charge in [-0.25, -0.2) is 4.39 Å². The summed E-state index contributed by atoms with van der Waals surface area (Å²) in [5.74, 6) is -0.251. The van der Waals surface area contributed by atoms with E-state index in [1.165, 1.54) is 0 Å². The maximum Gasteiger partial charge on any atom is 0.145 e. The van der Waals surface area contributed by atoms with E-state index < -0.39 is 0 Å². The van der Waals surface area contributed by atoms with E-state index in [4.69, 9.17) is 11.6 Å². The van der Waals surface area contributed by atoms with Crippen LogP contribution >= 0.6 is 27.5 Å². The number of benzene rings is 2. The van der Waals surface area contributed by atoms with Crippen molar-refractivity contribution in [3.63, 3.8) is 0 Å². The Balaban J connectivity index is 2.42. The van der Waals surface area contributed by atoms with Gasteiger partial charge in [-0.2, -0.15) is 0 Å². The third-order valence-electron chi connectivity index (χ3n) is 2.87. The summed E-state index contributed by atoms with van der Waals surface area (Å²) in [6, 6.07) is 10.8. The first-order chi connectivity index (χ1) is 9.13. The molecule has 0 aliphatic carbocycles. The molecule has 0 bridgehead atoms. The van der Waals surface area contributed by atoms with Crippen LogP contribution in [0.4, 0.5) is 4.39 Å². The fraction of sp³-hybridized carbons (Fsp3) is 0.200. The molecule has 0 aliphatic rings. The fourth-order valence-electron chi connectivity index (χ4n) is 1.86. The van der Waals surface area contributed by atoms with E-state index in [9.17, 15) is 4.39 Å². The number of rotatable bonds is 4. The van der Waals surface area contributed by atoms with Gasteiger partial charge in [0.05, 0.1) is 4.47 Å². The molecule has 100 valence electrons. The Morgan fingerprint density at radius 3 is 2.79 bits per heavy atom. The Kier molecular flexibility index (Phi) is 4.97. The zero-order valence-electron chi connectivity index (χ0n) is 10.5. The van der Waals surface area contributed by atoms with Crippen molar-refractivity contribution in [2.24, 2.45) is 0 Å². The van der Waals surface area contributed by atoms with Gasteiger partial charge in [-0.15, -0.1) is 0 Å². The predicted molar refractivity (Wildman–Crippen MR) is 81.9 cm³/mol. The molecule has 0 aliphatic heterocycles. The Morgan fingerprint density at radius 1 is 1.26 bits per heavy atom. The lowest BCUT2D eigenvalue weighted by Gasteiger charge is -2.10. The molecule has 0 spiro atoms. The summed E-state index contributed by atoms with van der Waals surface area (Å²) in [4.78, 5) is 0. The predicted octanol–water partition coefficient (Wildman–Crippen LogP) is 5.02. The largest absolute Gasteiger partial charge is 0.313 e. The standard InChI is InChI=1S/C15H14BrClFN/c1-2-19-9-11-8-10(6-7-14(11)17)12-4-3-5-13(16)15(12)18/h3-8,19H,2,9H2,1H3. The third-order valence-corrected chi connectivity index (χ3v) is 3.85. The van der Waals surface area contributed by atoms with Crippen LogP contribution in [0, 0.1) is 5.82 Å². The highest BCUT2D eigenvalue weighted by Crippen LogP contribution is 2.30. The van der Waals surface area contributed by atoms with Crippen LogP contribution in [-0.4, -0.2) is 6.54 Å². The first kappa shape index (κ1) is 14.5. The average molecular weight is 343 g/mol. The Bertz CT molecular complexity index is 586. The Labute approximate surface area is 125 Å². The van der Waals surface area contributed by atoms with Gasteiger partial charge >= 0.3 is 0 Å². The molecule has 0 amide bonds. The zero-order chi connectivity index (χ0) is 13.8. The smallest absolute Gasteiger partial charge is 0.145 e. The highest BCUT2D eigenvalue weighted by atomic mass is 79.9. The molecule has 0 atom stereocenters. The molecule has 0 radical (unpaired) electrons. The summed E-state index contributed by atoms with van der Waals surface area (Å²) in [5, 5.41) is 3.92. The molecule has 4 heteroatoms. The molecule has 1 nitrogen and oxygen atoms in total. The van der Waals surface area contributed by atoms with Gasteiger partial charge in [0.15, 0.2) is 0 Å². The minimum Gasteiger partial charge on any atom is -0.313 e. The molecular formula is C15H14BrClFN. The Hall–Kier alpha value is -0.900. The maximum absolute atomic E-state index is 14.1. The molecule has 1 N–H and O–H groups in total. The first-order valence-electron chi connectivity index (χ1n) is 6.07. The summed E-state index contributed by atoms with van der Waals surface area (Å²) in [7, 11) is 0. The van der Waals surface area contributed by atoms with Gasteiger partial charge in [-0.05, 0) is 51.8 Å². The van der Waals surface area contributed by atoms with Gasteiger partial charge in [-0.3, -0.25) is 0 Å². The molecule has 0 saturated heterocycles. The summed E-state index contributed by atoms with van der Waals surface area (Å²) < 4.78 is 14.5. The van der Waals surface area contributed by atoms with Gasteiger partial charge < -0.3 is 5.32 Å². The molecule has 0 heterocycles. The highest BCUT2D eigenvalue weighted by molar-refractivity contribution is 9.10. The quantitative estimate of drug-likeness (QED) is 0.823. The normalized spacial score (nSPS) is 10.7. The monoisotopic (exact) mass is 341 g/mol. The van der Waals surface area contributed by atoms with Gasteiger partial charge in [0.25, 0.3) is 0 Å². The minimum atomic E-state index is -0.251. The van der Waals surface area contributed by atoms with E-state index in [0.717, 1.165) is 17.7 Å². The summed E-state index contributed by atoms with van der Waals surface area (Å²) in [6.45, 7) is 3.58. The highest BCUT2D eigenvalue weighted by Gasteiger charge is 2.10. The fourth-order valence-corrected chi connectivity index (χ4v) is 2.41. The van der Waals surface area contributed by atoms with E-state index >= 15 is 0 Å². The summed E-state index contributed by atoms with van der Waals surface area (Å²) in [6.07, 6.45) is 0. The van der Waals surface area contributed by atoms with Crippen molar-refractivity contribution in [3.05, 3.63) is 57.3 Å². The van der Waals surface area contributed by atoms with Crippen LogP contribution in [0.3, 0.4) is 0 Å². The molecular weight excluding hydrogens is 329 g/mol. The van der Waals surface area contributed by atoms with Crippen molar-refractivity contribution in [1.29, 1.82) is 0 Å². The summed E-state index contributed by atoms with van der Waals surface area (Å²) >= 11 is 9.35. The van der Waals surface area contributed by atoms with Gasteiger partial charge in [0.1, 0.15) is 5.82 Å². The van der Waals surface area contributed by atoms with Crippen molar-refractivity contribution in [2.75, 3.05) is 6.54 Å². The van der Waals surface area contributed by atoms with E-state index in [-0.39, 0.29) is 5.82 Å². The van der Waals surface area contributed by atoms with Crippen molar-refractivity contribution < 1.29 is 4.39 Å². The zero-order valence-corrected chi connectivity index (χ0v) is 12.9. The molecule has 19 heavy (non-hydrogen) atoms. The molecule has 0 saturated carbocycles. The second-order valence-electron chi connectivity index (χ2n) is 4.19. The van der Waals surface area contributed by atoms with Crippen molar-refractivity contribution in [1.82, 2.24) is 5.32 Å². The van der Waals surface area contributed by atoms with Gasteiger partial charge in [0.2, 0.25) is 0 Å². The van der Waals surface area contributed by atoms with Gasteiger partial charge in [-0.1, -0.05) is 36.7 Å². The minimum absolute atomic E-state index is 0.251. The van der Waals surface area contributed by atoms with Crippen LogP contribution in [0.1, 0.15) is 12.5 Å². The second-order valence-corrected chi connectivity index (χ2v) is 5.45. The topological polar surface area (TPSA) is 12.0 Å². The van der Waals surface area contributed by atoms with Crippen molar-refractivity contribution in [2.45, 2.75) is 13.5 Å². The third kappa shape index (κ3) is 3.35. The van der Waals surface area contributed by atoms with Crippen LogP contribution in [0.5, 0.6) is 0 Å². The number of hydrogen-bond donors (Lipinski definition) is 1. The maximum atomic E-state index is 14.1. The van der Waals surface area contributed by atoms with Crippen LogP contribution < -0.4 is 5.32 Å². The average Bonchev–Trinajstić information content (AvgIpc) is 2.41. The second kappa shape index (κ2) is 6.51. The number of halogens is 3. The SMILES string of the molecule is CCNCc1cc(-c2cccc(Br)c2F)ccc1Cl. The first-order valence-corrected chi connectivity index (χ1v) is 7.24. The van der Waals surface area contributed by atoms with E-state index in [0.29, 0.717) is 21.6 Å². The number of nitrogens with one attached hydrogen (secondary N) is 1. The molecule has 2 aromatic carbocycles. The lowest BCUT2D eigenvalue weighted by atomic mass is 10.0. The molecule has 2 rings (SSSR count). The van der Waals surface area contributed by atoms with Crippen LogP contribution in [0.15, 0.2) is 40.9 Å². The van der Waals surface area contributed by atoms with Crippen LogP contribution in [0.25, 0.3) is 11.1 Å². The van der Waals surface area contributed by atoms with Crippen molar-refractivity contribution in [3.8, 4) is 11.1 Å². The van der Waals surface area contributed by atoms with Crippen LogP contribution in [0.2, 0.25) is 5.02 Å². The molecule has 0 unspecified atom stereocenters. The molecule has 0 aromatic heterocycles. The van der Waals surface area contributed by atoms with E-state index in [2.05, 4.69) is 21.2 Å². The number of hydrogen-bond acceptors (Lipinski definition) is 1. The Morgan fingerprint density at radius 2 is 2.05 bits per heavy atom.